The monoisotopic (exact) mass is 242 g/mol. The van der Waals surface area contributed by atoms with Crippen molar-refractivity contribution in [3.05, 3.63) is 51.3 Å². The Morgan fingerprint density at radius 1 is 0.833 bits per heavy atom. The number of allylic oxidation sites excluding steroid dienone is 3. The molecule has 1 nitrogen and oxygen atoms in total. The number of hydrogen-bond acceptors (Lipinski definition) is 1. The molecule has 0 aromatic heterocycles. The summed E-state index contributed by atoms with van der Waals surface area (Å²) in [7, 11) is 0. The van der Waals surface area contributed by atoms with Crippen LogP contribution in [0.4, 0.5) is 0 Å². The molecular formula is C17H22O. The number of aryl methyl sites for hydroxylation is 3. The smallest absolute Gasteiger partial charge is 0.132 e. The van der Waals surface area contributed by atoms with Crippen molar-refractivity contribution in [1.29, 1.82) is 0 Å². The van der Waals surface area contributed by atoms with Crippen LogP contribution in [0.25, 0.3) is 0 Å². The molecule has 0 saturated carbocycles. The quantitative estimate of drug-likeness (QED) is 0.708. The van der Waals surface area contributed by atoms with Gasteiger partial charge in [-0.3, -0.25) is 0 Å². The van der Waals surface area contributed by atoms with Crippen LogP contribution in [0.5, 0.6) is 5.75 Å². The van der Waals surface area contributed by atoms with Gasteiger partial charge in [-0.15, -0.1) is 0 Å². The number of hydrogen-bond donors (Lipinski definition) is 0. The van der Waals surface area contributed by atoms with E-state index in [-0.39, 0.29) is 0 Å². The van der Waals surface area contributed by atoms with Gasteiger partial charge >= 0.3 is 0 Å². The molecule has 1 aliphatic carbocycles. The van der Waals surface area contributed by atoms with Crippen LogP contribution in [0.15, 0.2) is 34.6 Å². The summed E-state index contributed by atoms with van der Waals surface area (Å²) >= 11 is 0. The van der Waals surface area contributed by atoms with Gasteiger partial charge in [0.25, 0.3) is 0 Å². The van der Waals surface area contributed by atoms with Gasteiger partial charge in [0, 0.05) is 6.42 Å². The van der Waals surface area contributed by atoms with E-state index in [4.69, 9.17) is 4.74 Å². The van der Waals surface area contributed by atoms with Gasteiger partial charge in [-0.05, 0) is 63.8 Å². The van der Waals surface area contributed by atoms with Crippen molar-refractivity contribution in [2.24, 2.45) is 0 Å². The van der Waals surface area contributed by atoms with E-state index in [9.17, 15) is 0 Å². The summed E-state index contributed by atoms with van der Waals surface area (Å²) in [5.41, 5.74) is 7.83. The molecule has 0 bridgehead atoms. The molecule has 0 heterocycles. The van der Waals surface area contributed by atoms with Crippen LogP contribution in [0.3, 0.4) is 0 Å². The van der Waals surface area contributed by atoms with Crippen LogP contribution >= 0.6 is 0 Å². The standard InChI is InChI=1S/C17H22O/c1-10-7-12(3)17(13(4)8-10)18-16-9-11(2)14(5)15(16)6/h7-8H,9H2,1-6H3. The van der Waals surface area contributed by atoms with E-state index in [2.05, 4.69) is 53.7 Å². The largest absolute Gasteiger partial charge is 0.461 e. The molecule has 0 atom stereocenters. The van der Waals surface area contributed by atoms with Crippen molar-refractivity contribution in [2.45, 2.75) is 48.0 Å². The lowest BCUT2D eigenvalue weighted by Gasteiger charge is -2.14. The fourth-order valence-corrected chi connectivity index (χ4v) is 2.60. The fraction of sp³-hybridized carbons (Fsp3) is 0.412. The second-order valence-electron chi connectivity index (χ2n) is 5.46. The van der Waals surface area contributed by atoms with Crippen LogP contribution in [0.1, 0.15) is 43.9 Å². The molecule has 1 aliphatic rings. The maximum atomic E-state index is 6.18. The van der Waals surface area contributed by atoms with Gasteiger partial charge < -0.3 is 4.74 Å². The molecule has 0 amide bonds. The van der Waals surface area contributed by atoms with Gasteiger partial charge in [0.1, 0.15) is 11.5 Å². The molecule has 2 rings (SSSR count). The summed E-state index contributed by atoms with van der Waals surface area (Å²) in [6, 6.07) is 4.36. The normalized spacial score (nSPS) is 15.7. The lowest BCUT2D eigenvalue weighted by molar-refractivity contribution is 0.406. The second kappa shape index (κ2) is 4.64. The Balaban J connectivity index is 2.33. The van der Waals surface area contributed by atoms with Crippen LogP contribution in [0.2, 0.25) is 0 Å². The number of ether oxygens (including phenoxy) is 1. The molecule has 0 unspecified atom stereocenters. The minimum Gasteiger partial charge on any atom is -0.461 e. The summed E-state index contributed by atoms with van der Waals surface area (Å²) < 4.78 is 6.18. The summed E-state index contributed by atoms with van der Waals surface area (Å²) in [6.45, 7) is 12.9. The van der Waals surface area contributed by atoms with E-state index in [0.717, 1.165) is 17.9 Å². The maximum Gasteiger partial charge on any atom is 0.132 e. The Bertz CT molecular complexity index is 536. The van der Waals surface area contributed by atoms with Crippen LogP contribution in [-0.4, -0.2) is 0 Å². The summed E-state index contributed by atoms with van der Waals surface area (Å²) in [6.07, 6.45) is 0.949. The molecule has 1 heteroatoms. The average Bonchev–Trinajstić information content (AvgIpc) is 2.51. The molecule has 0 aliphatic heterocycles. The molecule has 0 fully saturated rings. The highest BCUT2D eigenvalue weighted by atomic mass is 16.5. The van der Waals surface area contributed by atoms with Crippen molar-refractivity contribution in [3.8, 4) is 5.75 Å². The van der Waals surface area contributed by atoms with E-state index < -0.39 is 0 Å². The molecule has 1 aromatic carbocycles. The van der Waals surface area contributed by atoms with E-state index >= 15 is 0 Å². The van der Waals surface area contributed by atoms with Crippen LogP contribution in [0, 0.1) is 20.8 Å². The van der Waals surface area contributed by atoms with E-state index in [1.807, 2.05) is 0 Å². The predicted octanol–water partition coefficient (Wildman–Crippen LogP) is 5.00. The Labute approximate surface area is 110 Å². The Morgan fingerprint density at radius 2 is 1.39 bits per heavy atom. The molecule has 18 heavy (non-hydrogen) atoms. The third kappa shape index (κ3) is 2.22. The third-order valence-corrected chi connectivity index (χ3v) is 3.88. The Kier molecular flexibility index (Phi) is 3.34. The summed E-state index contributed by atoms with van der Waals surface area (Å²) in [5.74, 6) is 2.14. The first-order chi connectivity index (χ1) is 8.40. The minimum absolute atomic E-state index is 0.949. The van der Waals surface area contributed by atoms with E-state index in [0.29, 0.717) is 0 Å². The zero-order valence-corrected chi connectivity index (χ0v) is 12.3. The highest BCUT2D eigenvalue weighted by Crippen LogP contribution is 2.35. The molecular weight excluding hydrogens is 220 g/mol. The first-order valence-electron chi connectivity index (χ1n) is 6.52. The van der Waals surface area contributed by atoms with Crippen molar-refractivity contribution < 1.29 is 4.74 Å². The summed E-state index contributed by atoms with van der Waals surface area (Å²) in [5, 5.41) is 0. The zero-order chi connectivity index (χ0) is 13.4. The van der Waals surface area contributed by atoms with E-state index in [1.165, 1.54) is 33.4 Å². The Hall–Kier alpha value is -1.50. The average molecular weight is 242 g/mol. The van der Waals surface area contributed by atoms with Crippen molar-refractivity contribution in [1.82, 2.24) is 0 Å². The van der Waals surface area contributed by atoms with Gasteiger partial charge in [0.15, 0.2) is 0 Å². The van der Waals surface area contributed by atoms with Crippen molar-refractivity contribution in [3.63, 3.8) is 0 Å². The van der Waals surface area contributed by atoms with Gasteiger partial charge in [-0.1, -0.05) is 23.3 Å². The van der Waals surface area contributed by atoms with Gasteiger partial charge in [0.05, 0.1) is 0 Å². The number of rotatable bonds is 2. The van der Waals surface area contributed by atoms with Crippen LogP contribution < -0.4 is 4.74 Å². The van der Waals surface area contributed by atoms with Gasteiger partial charge in [-0.25, -0.2) is 0 Å². The lowest BCUT2D eigenvalue weighted by Crippen LogP contribution is -1.99. The third-order valence-electron chi connectivity index (χ3n) is 3.88. The SMILES string of the molecule is CC1=C(C)C(C)=C(Oc2c(C)cc(C)cc2C)C1. The second-order valence-corrected chi connectivity index (χ2v) is 5.46. The summed E-state index contributed by atoms with van der Waals surface area (Å²) in [4.78, 5) is 0. The predicted molar refractivity (Wildman–Crippen MR) is 77.0 cm³/mol. The fourth-order valence-electron chi connectivity index (χ4n) is 2.60. The lowest BCUT2D eigenvalue weighted by atomic mass is 10.1. The highest BCUT2D eigenvalue weighted by Gasteiger charge is 2.18. The van der Waals surface area contributed by atoms with Crippen molar-refractivity contribution in [2.75, 3.05) is 0 Å². The number of benzene rings is 1. The van der Waals surface area contributed by atoms with Crippen molar-refractivity contribution >= 4 is 0 Å². The zero-order valence-electron chi connectivity index (χ0n) is 12.3. The molecule has 96 valence electrons. The molecule has 0 radical (unpaired) electrons. The minimum atomic E-state index is 0.949. The van der Waals surface area contributed by atoms with Crippen LogP contribution in [-0.2, 0) is 0 Å². The highest BCUT2D eigenvalue weighted by molar-refractivity contribution is 5.47. The maximum absolute atomic E-state index is 6.18. The van der Waals surface area contributed by atoms with Gasteiger partial charge in [0.2, 0.25) is 0 Å². The molecule has 0 saturated heterocycles. The van der Waals surface area contributed by atoms with Gasteiger partial charge in [-0.2, -0.15) is 0 Å². The first-order valence-corrected chi connectivity index (χ1v) is 6.52. The topological polar surface area (TPSA) is 9.23 Å². The Morgan fingerprint density at radius 3 is 1.83 bits per heavy atom. The first kappa shape index (κ1) is 12.9. The van der Waals surface area contributed by atoms with E-state index in [1.54, 1.807) is 0 Å². The molecule has 0 N–H and O–H groups in total. The molecule has 0 spiro atoms. The molecule has 1 aromatic rings.